The largest absolute Gasteiger partial charge is 0.489 e. The van der Waals surface area contributed by atoms with Crippen LogP contribution in [0, 0.1) is 35.1 Å². The molecule has 6 aliphatic rings. The Morgan fingerprint density at radius 2 is 1.07 bits per heavy atom. The lowest BCUT2D eigenvalue weighted by molar-refractivity contribution is -0.199. The zero-order chi connectivity index (χ0) is 48.9. The summed E-state index contributed by atoms with van der Waals surface area (Å²) in [5.74, 6) is -1.06. The van der Waals surface area contributed by atoms with Crippen LogP contribution < -0.4 is 26.4 Å². The molecule has 0 amide bonds. The molecule has 6 aliphatic heterocycles. The van der Waals surface area contributed by atoms with Gasteiger partial charge in [-0.2, -0.15) is 0 Å². The Balaban J connectivity index is 0.000000154. The van der Waals surface area contributed by atoms with Crippen LogP contribution in [0.5, 0.6) is 11.5 Å². The standard InChI is InChI=1S/C24H27F2N3O3.C18H24BrN3O3.C6H5BF2O2/c1-23(2)12-16(8-9-30-23)21-13-24(28-22(27)29(3)32-24)17-10-14(5-7-20(17)31-21)15-4-6-18(25)19(26)11-15;1-17(2)9-11(6-7-23-17)15-10-18(21-16(20)22(3)25-18)13-8-12(19)4-5-14(13)24-15;8-5-2-1-4(7(10)11)3-6(5)9/h4-7,10-11,16,21H,8-9,12-13H2,1-3H3,(H2,27,28);4-5,8,11,15H,6-7,9-10H2,1-3H3,(H2,20,21);1-3,10-11H. The van der Waals surface area contributed by atoms with Crippen LogP contribution in [0.25, 0.3) is 11.1 Å². The molecule has 0 aromatic heterocycles. The molecule has 2 fully saturated rings. The Morgan fingerprint density at radius 1 is 0.618 bits per heavy atom. The highest BCUT2D eigenvalue weighted by atomic mass is 79.9. The van der Waals surface area contributed by atoms with E-state index in [1.807, 2.05) is 36.4 Å². The van der Waals surface area contributed by atoms with Gasteiger partial charge in [0.1, 0.15) is 23.7 Å². The summed E-state index contributed by atoms with van der Waals surface area (Å²) < 4.78 is 77.4. The van der Waals surface area contributed by atoms with E-state index in [1.165, 1.54) is 11.1 Å². The smallest absolute Gasteiger partial charge is 0.488 e. The van der Waals surface area contributed by atoms with Crippen LogP contribution in [0.4, 0.5) is 17.6 Å². The summed E-state index contributed by atoms with van der Waals surface area (Å²) >= 11 is 3.54. The highest BCUT2D eigenvalue weighted by Gasteiger charge is 2.53. The number of ether oxygens (including phenoxy) is 4. The van der Waals surface area contributed by atoms with Crippen molar-refractivity contribution < 1.29 is 56.2 Å². The predicted molar refractivity (Wildman–Crippen MR) is 250 cm³/mol. The molecule has 2 saturated heterocycles. The first-order chi connectivity index (χ1) is 32.0. The molecule has 6 unspecified atom stereocenters. The van der Waals surface area contributed by atoms with Gasteiger partial charge in [0.25, 0.3) is 0 Å². The van der Waals surface area contributed by atoms with Gasteiger partial charge < -0.3 is 40.5 Å². The molecule has 4 aromatic carbocycles. The van der Waals surface area contributed by atoms with Gasteiger partial charge in [0, 0.05) is 56.5 Å². The average Bonchev–Trinajstić information content (AvgIpc) is 3.73. The maximum Gasteiger partial charge on any atom is 0.488 e. The van der Waals surface area contributed by atoms with Crippen molar-refractivity contribution in [2.75, 3.05) is 27.3 Å². The van der Waals surface area contributed by atoms with Crippen LogP contribution in [0.3, 0.4) is 0 Å². The number of hydrogen-bond donors (Lipinski definition) is 4. The van der Waals surface area contributed by atoms with Crippen molar-refractivity contribution >= 4 is 40.4 Å². The first-order valence-electron chi connectivity index (χ1n) is 22.4. The monoisotopic (exact) mass is 1010 g/mol. The topological polar surface area (TPSA) is 179 Å². The van der Waals surface area contributed by atoms with Crippen molar-refractivity contribution in [3.63, 3.8) is 0 Å². The fourth-order valence-electron chi connectivity index (χ4n) is 9.75. The van der Waals surface area contributed by atoms with E-state index in [-0.39, 0.29) is 40.8 Å². The fourth-order valence-corrected chi connectivity index (χ4v) is 10.1. The van der Waals surface area contributed by atoms with Crippen LogP contribution >= 0.6 is 15.9 Å². The molecule has 2 spiro atoms. The highest BCUT2D eigenvalue weighted by Crippen LogP contribution is 2.51. The van der Waals surface area contributed by atoms with Crippen LogP contribution in [0.15, 0.2) is 87.3 Å². The first kappa shape index (κ1) is 49.5. The number of hydroxylamine groups is 4. The van der Waals surface area contributed by atoms with Crippen molar-refractivity contribution in [3.05, 3.63) is 112 Å². The van der Waals surface area contributed by atoms with E-state index in [4.69, 9.17) is 60.1 Å². The summed E-state index contributed by atoms with van der Waals surface area (Å²) in [6, 6.07) is 18.0. The van der Waals surface area contributed by atoms with E-state index in [0.717, 1.165) is 77.9 Å². The third-order valence-corrected chi connectivity index (χ3v) is 13.6. The molecule has 0 aliphatic carbocycles. The molecule has 364 valence electrons. The van der Waals surface area contributed by atoms with Crippen LogP contribution in [0.1, 0.15) is 77.3 Å². The normalized spacial score (nSPS) is 27.6. The van der Waals surface area contributed by atoms with Gasteiger partial charge >= 0.3 is 7.12 Å². The molecule has 68 heavy (non-hydrogen) atoms. The van der Waals surface area contributed by atoms with Gasteiger partial charge in [-0.3, -0.25) is 0 Å². The van der Waals surface area contributed by atoms with Gasteiger partial charge in [-0.05, 0) is 125 Å². The molecule has 14 nitrogen and oxygen atoms in total. The molecule has 0 saturated carbocycles. The number of hydrogen-bond acceptors (Lipinski definition) is 14. The Labute approximate surface area is 401 Å². The van der Waals surface area contributed by atoms with Gasteiger partial charge in [0.15, 0.2) is 23.3 Å². The van der Waals surface area contributed by atoms with E-state index in [0.29, 0.717) is 48.2 Å². The van der Waals surface area contributed by atoms with Gasteiger partial charge in [-0.1, -0.05) is 34.1 Å². The van der Waals surface area contributed by atoms with Gasteiger partial charge in [-0.15, -0.1) is 0 Å². The summed E-state index contributed by atoms with van der Waals surface area (Å²) in [7, 11) is 1.74. The molecule has 0 bridgehead atoms. The van der Waals surface area contributed by atoms with Gasteiger partial charge in [-0.25, -0.2) is 47.3 Å². The number of nitrogens with zero attached hydrogens (tertiary/aromatic N) is 4. The SMILES string of the molecule is CN1OC2(CC(C3CCOC(C)(C)C3)Oc3ccc(-c4ccc(F)c(F)c4)cc32)N=C1N.CN1OC2(CC(C3CCOC(C)(C)C3)Oc3ccc(Br)cc32)N=C1N.OB(O)c1ccc(F)c(F)c1. The fraction of sp³-hybridized carbons (Fsp3) is 0.458. The lowest BCUT2D eigenvalue weighted by Gasteiger charge is -2.44. The molecule has 20 heteroatoms. The number of rotatable bonds is 4. The number of benzene rings is 4. The predicted octanol–water partition coefficient (Wildman–Crippen LogP) is 7.13. The minimum absolute atomic E-state index is 0.0138. The van der Waals surface area contributed by atoms with Gasteiger partial charge in [0.2, 0.25) is 23.4 Å². The van der Waals surface area contributed by atoms with Crippen molar-refractivity contribution in [2.45, 2.75) is 101 Å². The third kappa shape index (κ3) is 10.5. The van der Waals surface area contributed by atoms with Crippen molar-refractivity contribution in [2.24, 2.45) is 33.3 Å². The number of fused-ring (bicyclic) bond motifs is 4. The Kier molecular flexibility index (Phi) is 13.9. The summed E-state index contributed by atoms with van der Waals surface area (Å²) in [5, 5.41) is 20.0. The Bertz CT molecular complexity index is 2600. The molecule has 10 rings (SSSR count). The maximum atomic E-state index is 13.8. The lowest BCUT2D eigenvalue weighted by atomic mass is 9.79. The van der Waals surface area contributed by atoms with Crippen molar-refractivity contribution in [1.82, 2.24) is 10.1 Å². The Hall–Kier alpha value is -4.96. The lowest BCUT2D eigenvalue weighted by Crippen LogP contribution is -2.46. The molecule has 6 heterocycles. The Morgan fingerprint density at radius 3 is 1.53 bits per heavy atom. The second kappa shape index (κ2) is 19.1. The number of aliphatic imine (C=N–C) groups is 2. The molecule has 6 atom stereocenters. The van der Waals surface area contributed by atoms with Crippen molar-refractivity contribution in [3.8, 4) is 22.6 Å². The van der Waals surface area contributed by atoms with E-state index < -0.39 is 41.8 Å². The summed E-state index contributed by atoms with van der Waals surface area (Å²) in [6.45, 7) is 9.89. The molecule has 0 radical (unpaired) electrons. The number of nitrogens with two attached hydrogens (primary N) is 2. The summed E-state index contributed by atoms with van der Waals surface area (Å²) in [6.07, 6.45) is 4.71. The van der Waals surface area contributed by atoms with Crippen LogP contribution in [0.2, 0.25) is 0 Å². The molecular weight excluding hydrogens is 955 g/mol. The van der Waals surface area contributed by atoms with Crippen LogP contribution in [-0.2, 0) is 30.6 Å². The summed E-state index contributed by atoms with van der Waals surface area (Å²) in [5.41, 5.74) is 12.8. The van der Waals surface area contributed by atoms with E-state index in [2.05, 4.69) is 43.6 Å². The van der Waals surface area contributed by atoms with E-state index >= 15 is 0 Å². The van der Waals surface area contributed by atoms with E-state index in [9.17, 15) is 17.6 Å². The van der Waals surface area contributed by atoms with Gasteiger partial charge in [0.05, 0.1) is 22.3 Å². The quantitative estimate of drug-likeness (QED) is 0.120. The zero-order valence-electron chi connectivity index (χ0n) is 38.6. The number of halogens is 5. The minimum atomic E-state index is -1.76. The second-order valence-corrected chi connectivity index (χ2v) is 20.1. The average molecular weight is 1010 g/mol. The van der Waals surface area contributed by atoms with Crippen LogP contribution in [-0.4, -0.2) is 89.9 Å². The minimum Gasteiger partial charge on any atom is -0.489 e. The second-order valence-electron chi connectivity index (χ2n) is 19.2. The molecule has 4 aromatic rings. The van der Waals surface area contributed by atoms with E-state index in [1.54, 1.807) is 25.2 Å². The number of guanidine groups is 2. The highest BCUT2D eigenvalue weighted by molar-refractivity contribution is 9.10. The van der Waals surface area contributed by atoms with Crippen molar-refractivity contribution in [1.29, 1.82) is 0 Å². The molecule has 6 N–H and O–H groups in total. The third-order valence-electron chi connectivity index (χ3n) is 13.1. The summed E-state index contributed by atoms with van der Waals surface area (Å²) in [4.78, 5) is 21.7. The molecular formula is C48H56BBrF4N6O8. The maximum absolute atomic E-state index is 13.8. The zero-order valence-corrected chi connectivity index (χ0v) is 40.2. The first-order valence-corrected chi connectivity index (χ1v) is 23.2.